The van der Waals surface area contributed by atoms with Gasteiger partial charge in [-0.05, 0) is 41.5 Å². The maximum Gasteiger partial charge on any atom is 0.267 e. The summed E-state index contributed by atoms with van der Waals surface area (Å²) in [6.45, 7) is 0. The first-order valence-corrected chi connectivity index (χ1v) is 10.5. The fraction of sp³-hybridized carbons (Fsp3) is 0.0370. The molecule has 160 valence electrons. The Labute approximate surface area is 190 Å². The zero-order valence-corrected chi connectivity index (χ0v) is 17.6. The predicted molar refractivity (Wildman–Crippen MR) is 129 cm³/mol. The van der Waals surface area contributed by atoms with Crippen LogP contribution in [0, 0.1) is 0 Å². The van der Waals surface area contributed by atoms with Crippen LogP contribution in [-0.4, -0.2) is 25.9 Å². The third-order valence-corrected chi connectivity index (χ3v) is 5.47. The van der Waals surface area contributed by atoms with Crippen molar-refractivity contribution in [2.24, 2.45) is 4.99 Å². The lowest BCUT2D eigenvalue weighted by molar-refractivity contribution is 0.435. The smallest absolute Gasteiger partial charge is 0.267 e. The minimum atomic E-state index is -0.340. The van der Waals surface area contributed by atoms with E-state index in [0.717, 1.165) is 11.1 Å². The zero-order chi connectivity index (χ0) is 22.6. The summed E-state index contributed by atoms with van der Waals surface area (Å²) in [5, 5.41) is 12.3. The minimum absolute atomic E-state index is 0.206. The lowest BCUT2D eigenvalue weighted by Crippen LogP contribution is -2.21. The molecule has 3 heterocycles. The molecule has 6 nitrogen and oxygen atoms in total. The molecule has 0 aliphatic heterocycles. The second-order valence-electron chi connectivity index (χ2n) is 7.48. The van der Waals surface area contributed by atoms with Gasteiger partial charge in [-0.3, -0.25) is 14.8 Å². The molecule has 5 rings (SSSR count). The van der Waals surface area contributed by atoms with Crippen molar-refractivity contribution in [3.8, 4) is 11.7 Å². The number of aliphatic imine (C=N–C) groups is 1. The summed E-state index contributed by atoms with van der Waals surface area (Å²) in [4.78, 5) is 26.4. The van der Waals surface area contributed by atoms with E-state index in [1.54, 1.807) is 55.1 Å². The van der Waals surface area contributed by atoms with Crippen molar-refractivity contribution in [2.75, 3.05) is 0 Å². The van der Waals surface area contributed by atoms with Crippen molar-refractivity contribution in [3.05, 3.63) is 131 Å². The maximum absolute atomic E-state index is 13.2. The molecule has 1 unspecified atom stereocenters. The van der Waals surface area contributed by atoms with Crippen LogP contribution in [0.3, 0.4) is 0 Å². The largest absolute Gasteiger partial charge is 0.494 e. The van der Waals surface area contributed by atoms with E-state index in [4.69, 9.17) is 4.99 Å². The number of benzene rings is 2. The number of fused-ring (bicyclic) bond motifs is 1. The first-order chi connectivity index (χ1) is 16.2. The quantitative estimate of drug-likeness (QED) is 0.409. The van der Waals surface area contributed by atoms with Gasteiger partial charge in [-0.1, -0.05) is 54.6 Å². The van der Waals surface area contributed by atoms with Crippen molar-refractivity contribution in [3.63, 3.8) is 0 Å². The van der Waals surface area contributed by atoms with E-state index in [-0.39, 0.29) is 17.5 Å². The van der Waals surface area contributed by atoms with Crippen molar-refractivity contribution < 1.29 is 5.11 Å². The number of aromatic nitrogens is 3. The first-order valence-electron chi connectivity index (χ1n) is 10.5. The van der Waals surface area contributed by atoms with Gasteiger partial charge in [0.2, 0.25) is 5.88 Å². The number of hydrogen-bond donors (Lipinski definition) is 1. The highest BCUT2D eigenvalue weighted by molar-refractivity contribution is 6.01. The Bertz CT molecular complexity index is 1440. The Morgan fingerprint density at radius 3 is 2.18 bits per heavy atom. The molecule has 3 aromatic heterocycles. The van der Waals surface area contributed by atoms with Crippen molar-refractivity contribution in [1.82, 2.24) is 14.5 Å². The molecule has 0 spiro atoms. The second-order valence-corrected chi connectivity index (χ2v) is 7.48. The highest BCUT2D eigenvalue weighted by Crippen LogP contribution is 2.29. The Balaban J connectivity index is 1.72. The molecule has 0 saturated carbocycles. The fourth-order valence-corrected chi connectivity index (χ4v) is 3.88. The molecule has 0 aliphatic carbocycles. The van der Waals surface area contributed by atoms with Gasteiger partial charge >= 0.3 is 0 Å². The molecule has 0 bridgehead atoms. The van der Waals surface area contributed by atoms with Crippen LogP contribution in [0.25, 0.3) is 16.6 Å². The van der Waals surface area contributed by atoms with E-state index in [1.807, 2.05) is 54.6 Å². The summed E-state index contributed by atoms with van der Waals surface area (Å²) in [7, 11) is 0. The van der Waals surface area contributed by atoms with E-state index < -0.39 is 0 Å². The minimum Gasteiger partial charge on any atom is -0.494 e. The van der Waals surface area contributed by atoms with Crippen molar-refractivity contribution in [1.29, 1.82) is 0 Å². The van der Waals surface area contributed by atoms with E-state index >= 15 is 0 Å². The molecular formula is C27H20N4O2. The van der Waals surface area contributed by atoms with Crippen LogP contribution in [-0.2, 0) is 0 Å². The Morgan fingerprint density at radius 2 is 1.45 bits per heavy atom. The summed E-state index contributed by atoms with van der Waals surface area (Å²) < 4.78 is 1.22. The number of rotatable bonds is 5. The SMILES string of the molecule is O=c1c2ccccc2c(C=NC(c2ccccc2)c2ccncc2)c(O)n1-c1ccccn1. The van der Waals surface area contributed by atoms with E-state index in [1.165, 1.54) is 4.57 Å². The van der Waals surface area contributed by atoms with Crippen LogP contribution in [0.15, 0.2) is 113 Å². The van der Waals surface area contributed by atoms with Crippen LogP contribution < -0.4 is 5.56 Å². The topological polar surface area (TPSA) is 80.4 Å². The molecule has 33 heavy (non-hydrogen) atoms. The number of hydrogen-bond acceptors (Lipinski definition) is 5. The van der Waals surface area contributed by atoms with Gasteiger partial charge in [0, 0.05) is 35.6 Å². The first kappa shape index (κ1) is 20.3. The van der Waals surface area contributed by atoms with Crippen molar-refractivity contribution >= 4 is 17.0 Å². The van der Waals surface area contributed by atoms with Crippen molar-refractivity contribution in [2.45, 2.75) is 6.04 Å². The van der Waals surface area contributed by atoms with Gasteiger partial charge in [-0.2, -0.15) is 0 Å². The molecule has 0 fully saturated rings. The highest BCUT2D eigenvalue weighted by atomic mass is 16.3. The summed E-state index contributed by atoms with van der Waals surface area (Å²) in [5.74, 6) is 0.136. The standard InChI is InChI=1S/C27H20N4O2/c32-26-22-11-5-4-10-21(22)23(27(33)31(26)24-12-6-7-15-29-24)18-30-25(19-8-2-1-3-9-19)20-13-16-28-17-14-20/h1-18,25,33H. The predicted octanol–water partition coefficient (Wildman–Crippen LogP) is 4.69. The zero-order valence-electron chi connectivity index (χ0n) is 17.6. The van der Waals surface area contributed by atoms with Gasteiger partial charge < -0.3 is 5.11 Å². The van der Waals surface area contributed by atoms with Crippen LogP contribution in [0.1, 0.15) is 22.7 Å². The monoisotopic (exact) mass is 432 g/mol. The van der Waals surface area contributed by atoms with Gasteiger partial charge in [-0.15, -0.1) is 0 Å². The molecule has 6 heteroatoms. The van der Waals surface area contributed by atoms with Crippen LogP contribution in [0.5, 0.6) is 5.88 Å². The van der Waals surface area contributed by atoms with Gasteiger partial charge in [0.15, 0.2) is 0 Å². The van der Waals surface area contributed by atoms with E-state index in [0.29, 0.717) is 22.2 Å². The molecule has 2 aromatic carbocycles. The second kappa shape index (κ2) is 8.88. The van der Waals surface area contributed by atoms with Gasteiger partial charge in [0.1, 0.15) is 11.9 Å². The Hall–Kier alpha value is -4.58. The summed E-state index contributed by atoms with van der Waals surface area (Å²) in [6, 6.07) is 25.8. The Kier molecular flexibility index (Phi) is 5.47. The van der Waals surface area contributed by atoms with E-state index in [9.17, 15) is 9.90 Å². The number of nitrogens with zero attached hydrogens (tertiary/aromatic N) is 4. The molecule has 1 atom stereocenters. The fourth-order valence-electron chi connectivity index (χ4n) is 3.88. The molecule has 0 amide bonds. The third-order valence-electron chi connectivity index (χ3n) is 5.47. The number of aromatic hydroxyl groups is 1. The Morgan fingerprint density at radius 1 is 0.788 bits per heavy atom. The van der Waals surface area contributed by atoms with Crippen LogP contribution in [0.4, 0.5) is 0 Å². The molecule has 5 aromatic rings. The maximum atomic E-state index is 13.2. The molecule has 0 saturated heterocycles. The number of pyridine rings is 3. The van der Waals surface area contributed by atoms with Gasteiger partial charge in [0.05, 0.1) is 5.56 Å². The van der Waals surface area contributed by atoms with Crippen LogP contribution in [0.2, 0.25) is 0 Å². The molecule has 0 aliphatic rings. The molecule has 1 N–H and O–H groups in total. The molecule has 0 radical (unpaired) electrons. The molecular weight excluding hydrogens is 412 g/mol. The highest BCUT2D eigenvalue weighted by Gasteiger charge is 2.18. The summed E-state index contributed by atoms with van der Waals surface area (Å²) >= 11 is 0. The summed E-state index contributed by atoms with van der Waals surface area (Å²) in [6.07, 6.45) is 6.68. The average Bonchev–Trinajstić information content (AvgIpc) is 2.88. The summed E-state index contributed by atoms with van der Waals surface area (Å²) in [5.41, 5.74) is 2.08. The lowest BCUT2D eigenvalue weighted by atomic mass is 10.00. The average molecular weight is 432 g/mol. The van der Waals surface area contributed by atoms with Gasteiger partial charge in [0.25, 0.3) is 5.56 Å². The van der Waals surface area contributed by atoms with E-state index in [2.05, 4.69) is 9.97 Å². The van der Waals surface area contributed by atoms with Crippen LogP contribution >= 0.6 is 0 Å². The lowest BCUT2D eigenvalue weighted by Gasteiger charge is -2.15. The normalized spacial score (nSPS) is 12.2. The van der Waals surface area contributed by atoms with Gasteiger partial charge in [-0.25, -0.2) is 9.55 Å². The third kappa shape index (κ3) is 3.90.